The van der Waals surface area contributed by atoms with Gasteiger partial charge in [-0.1, -0.05) is 0 Å². The first-order valence-electron chi connectivity index (χ1n) is 21.8. The Morgan fingerprint density at radius 1 is 0.526 bits per heavy atom. The number of anilines is 7. The van der Waals surface area contributed by atoms with Crippen molar-refractivity contribution in [2.45, 2.75) is 71.7 Å². The second kappa shape index (κ2) is 23.7. The maximum atomic E-state index is 12.9. The number of aromatic hydroxyl groups is 1. The van der Waals surface area contributed by atoms with Gasteiger partial charge >= 0.3 is 0 Å². The number of aromatic nitrogens is 6. The van der Waals surface area contributed by atoms with E-state index in [2.05, 4.69) is 61.0 Å². The highest BCUT2D eigenvalue weighted by Gasteiger charge is 2.29. The summed E-state index contributed by atoms with van der Waals surface area (Å²) in [5.41, 5.74) is 1.31. The molecular weight excluding hydrogens is 1160 g/mol. The minimum Gasteiger partial charge on any atom is -0.505 e. The van der Waals surface area contributed by atoms with Crippen molar-refractivity contribution in [3.63, 3.8) is 0 Å². The molecule has 0 bridgehead atoms. The molecule has 6 rings (SSSR count). The zero-order valence-corrected chi connectivity index (χ0v) is 45.2. The maximum Gasteiger partial charge on any atom is 0.296 e. The molecule has 0 saturated heterocycles. The van der Waals surface area contributed by atoms with Crippen LogP contribution in [0.25, 0.3) is 10.8 Å². The van der Waals surface area contributed by atoms with Gasteiger partial charge in [-0.05, 0) is 105 Å². The standard InChI is InChI=1S/C40H45Cl2N15O17S4/c1-17(58)13-56(14-18(2)59)39-48-35(41)46-37(50-39)44-22-5-7-26(75(63,64)65)24(11-22)52-54-32-28(77(69,70)71)9-21-10-29(78(72,73)74)33(34(62)30(21)31(32)43)55-53-25-12-23(6-8-27(25)76(66,67)68)45-38-47-36(42)49-40(51-38)57(15-19(3)60)16-20(4)61/h5-12,17-20,58-62H,13-16,43H2,1-4H3,(H,63,64,65)(H,66,67,68)(H,69,70,71)(H,72,73,74)(H,44,46,48,50)(H,45,47,49,51)/b54-52+,55-53+. The molecule has 2 aromatic heterocycles. The highest BCUT2D eigenvalue weighted by molar-refractivity contribution is 7.86. The Morgan fingerprint density at radius 3 is 1.22 bits per heavy atom. The Hall–Kier alpha value is -6.78. The van der Waals surface area contributed by atoms with Crippen LogP contribution in [-0.4, -0.2) is 158 Å². The fourth-order valence-corrected chi connectivity index (χ4v) is 10.0. The van der Waals surface area contributed by atoms with Crippen molar-refractivity contribution in [1.29, 1.82) is 0 Å². The number of nitrogens with one attached hydrogen (secondary N) is 2. The number of nitrogens with two attached hydrogens (primary N) is 1. The average Bonchev–Trinajstić information content (AvgIpc) is 3.43. The van der Waals surface area contributed by atoms with Crippen LogP contribution in [0.5, 0.6) is 5.75 Å². The third kappa shape index (κ3) is 15.3. The minimum atomic E-state index is -5.54. The number of phenols is 1. The van der Waals surface area contributed by atoms with Crippen molar-refractivity contribution in [3.05, 3.63) is 59.1 Å². The number of fused-ring (bicyclic) bond motifs is 1. The Kier molecular flexibility index (Phi) is 18.3. The summed E-state index contributed by atoms with van der Waals surface area (Å²) in [6, 6.07) is 6.59. The predicted octanol–water partition coefficient (Wildman–Crippen LogP) is 4.25. The van der Waals surface area contributed by atoms with Gasteiger partial charge in [-0.25, -0.2) is 0 Å². The molecule has 0 aliphatic rings. The molecule has 4 aromatic carbocycles. The monoisotopic (exact) mass is 1210 g/mol. The number of aliphatic hydroxyl groups is 4. The van der Waals surface area contributed by atoms with E-state index in [0.29, 0.717) is 12.1 Å². The van der Waals surface area contributed by atoms with E-state index >= 15 is 0 Å². The predicted molar refractivity (Wildman–Crippen MR) is 278 cm³/mol. The number of benzene rings is 4. The molecule has 0 fully saturated rings. The number of hydrogen-bond acceptors (Lipinski definition) is 28. The summed E-state index contributed by atoms with van der Waals surface area (Å²) in [5.74, 6) is -2.17. The zero-order chi connectivity index (χ0) is 58.0. The highest BCUT2D eigenvalue weighted by atomic mass is 35.5. The number of aliphatic hydroxyl groups excluding tert-OH is 4. The Morgan fingerprint density at radius 2 is 0.872 bits per heavy atom. The number of halogens is 2. The minimum absolute atomic E-state index is 0.0691. The number of rotatable bonds is 22. The lowest BCUT2D eigenvalue weighted by Gasteiger charge is -2.25. The number of azo groups is 2. The SMILES string of the molecule is CC(O)CN(CC(C)O)c1nc(Cl)nc(Nc2ccc(S(=O)(=O)O)c(/N=N/c3c(S(=O)(=O)O)cc4cc(S(=O)(=O)O)c(/N=N/c5cc(Nc6nc(Cl)nc(N(CC(C)O)CC(C)O)n6)ccc5S(=O)(=O)O)c(O)c4c3N)c2)n1. The third-order valence-corrected chi connectivity index (χ3v) is 13.9. The van der Waals surface area contributed by atoms with Gasteiger partial charge < -0.3 is 51.7 Å². The summed E-state index contributed by atoms with van der Waals surface area (Å²) in [4.78, 5) is 22.7. The fraction of sp³-hybridized carbons (Fsp3) is 0.300. The summed E-state index contributed by atoms with van der Waals surface area (Å²) in [5, 5.41) is 69.9. The van der Waals surface area contributed by atoms with E-state index < -0.39 is 129 Å². The van der Waals surface area contributed by atoms with Gasteiger partial charge in [0.1, 0.15) is 42.3 Å². The van der Waals surface area contributed by atoms with Gasteiger partial charge in [0.05, 0.1) is 35.5 Å². The molecule has 0 spiro atoms. The topological polar surface area (TPSA) is 502 Å². The first-order chi connectivity index (χ1) is 36.1. The summed E-state index contributed by atoms with van der Waals surface area (Å²) >= 11 is 12.3. The van der Waals surface area contributed by atoms with Crippen molar-refractivity contribution in [2.24, 2.45) is 20.5 Å². The van der Waals surface area contributed by atoms with Gasteiger partial charge in [-0.3, -0.25) is 18.2 Å². The second-order valence-electron chi connectivity index (χ2n) is 16.9. The highest BCUT2D eigenvalue weighted by Crippen LogP contribution is 2.49. The molecule has 4 unspecified atom stereocenters. The smallest absolute Gasteiger partial charge is 0.296 e. The van der Waals surface area contributed by atoms with E-state index in [-0.39, 0.29) is 71.9 Å². The van der Waals surface area contributed by atoms with Crippen LogP contribution in [0.3, 0.4) is 0 Å². The summed E-state index contributed by atoms with van der Waals surface area (Å²) in [6.07, 6.45) is -3.73. The van der Waals surface area contributed by atoms with Crippen LogP contribution in [-0.2, 0) is 40.5 Å². The third-order valence-electron chi connectivity index (χ3n) is 10.1. The summed E-state index contributed by atoms with van der Waals surface area (Å²) < 4.78 is 143. The van der Waals surface area contributed by atoms with Crippen molar-refractivity contribution < 1.29 is 77.4 Å². The normalized spacial score (nSPS) is 14.2. The largest absolute Gasteiger partial charge is 0.505 e. The first-order valence-corrected chi connectivity index (χ1v) is 28.3. The first kappa shape index (κ1) is 60.4. The van der Waals surface area contributed by atoms with Crippen LogP contribution in [0.1, 0.15) is 27.7 Å². The molecule has 0 saturated carbocycles. The lowest BCUT2D eigenvalue weighted by atomic mass is 10.1. The van der Waals surface area contributed by atoms with E-state index in [1.807, 2.05) is 0 Å². The van der Waals surface area contributed by atoms with E-state index in [9.17, 15) is 77.4 Å². The maximum absolute atomic E-state index is 12.9. The van der Waals surface area contributed by atoms with Crippen LogP contribution in [0.4, 0.5) is 63.6 Å². The van der Waals surface area contributed by atoms with Crippen molar-refractivity contribution >= 4 is 138 Å². The molecule has 0 aliphatic heterocycles. The zero-order valence-electron chi connectivity index (χ0n) is 40.4. The van der Waals surface area contributed by atoms with Crippen LogP contribution in [0.15, 0.2) is 88.6 Å². The molecule has 6 aromatic rings. The van der Waals surface area contributed by atoms with Crippen LogP contribution < -0.4 is 26.2 Å². The van der Waals surface area contributed by atoms with Crippen molar-refractivity contribution in [3.8, 4) is 5.75 Å². The molecule has 78 heavy (non-hydrogen) atoms. The van der Waals surface area contributed by atoms with Gasteiger partial charge in [0.25, 0.3) is 40.5 Å². The summed E-state index contributed by atoms with van der Waals surface area (Å²) in [7, 11) is -21.4. The van der Waals surface area contributed by atoms with E-state index in [0.717, 1.165) is 36.4 Å². The van der Waals surface area contributed by atoms with Crippen LogP contribution in [0.2, 0.25) is 10.6 Å². The van der Waals surface area contributed by atoms with Gasteiger partial charge in [0, 0.05) is 37.6 Å². The number of nitrogen functional groups attached to an aromatic ring is 1. The van der Waals surface area contributed by atoms with Crippen molar-refractivity contribution in [2.75, 3.05) is 52.3 Å². The van der Waals surface area contributed by atoms with Gasteiger partial charge in [0.2, 0.25) is 34.4 Å². The van der Waals surface area contributed by atoms with Crippen LogP contribution in [0, 0.1) is 0 Å². The lowest BCUT2D eigenvalue weighted by Crippen LogP contribution is -2.37. The molecule has 0 aliphatic carbocycles. The number of phenolic OH excluding ortho intramolecular Hbond substituents is 1. The summed E-state index contributed by atoms with van der Waals surface area (Å²) in [6.45, 7) is 5.56. The quantitative estimate of drug-likeness (QED) is 0.0257. The lowest BCUT2D eigenvalue weighted by molar-refractivity contribution is 0.176. The van der Waals surface area contributed by atoms with Gasteiger partial charge in [-0.15, -0.1) is 20.5 Å². The molecular formula is C40H45Cl2N15O17S4. The molecule has 4 atom stereocenters. The fourth-order valence-electron chi connectivity index (χ4n) is 7.18. The second-order valence-corrected chi connectivity index (χ2v) is 23.1. The Bertz CT molecular complexity index is 3560. The Balaban J connectivity index is 1.48. The molecule has 0 amide bonds. The average molecular weight is 1210 g/mol. The van der Waals surface area contributed by atoms with E-state index in [1.165, 1.54) is 37.5 Å². The van der Waals surface area contributed by atoms with E-state index in [4.69, 9.17) is 28.9 Å². The van der Waals surface area contributed by atoms with Gasteiger partial charge in [0.15, 0.2) is 5.75 Å². The molecule has 0 radical (unpaired) electrons. The Labute approximate surface area is 452 Å². The van der Waals surface area contributed by atoms with Crippen molar-refractivity contribution in [1.82, 2.24) is 29.9 Å². The number of hydrogen-bond donors (Lipinski definition) is 12. The number of nitrogens with zero attached hydrogens (tertiary/aromatic N) is 12. The van der Waals surface area contributed by atoms with Crippen LogP contribution >= 0.6 is 23.2 Å². The molecule has 38 heteroatoms. The van der Waals surface area contributed by atoms with Gasteiger partial charge in [-0.2, -0.15) is 63.6 Å². The van der Waals surface area contributed by atoms with E-state index in [1.54, 1.807) is 0 Å². The molecule has 32 nitrogen and oxygen atoms in total. The molecule has 420 valence electrons. The molecule has 13 N–H and O–H groups in total. The molecule has 2 heterocycles.